The Morgan fingerprint density at radius 1 is 0.657 bits per heavy atom. The van der Waals surface area contributed by atoms with Gasteiger partial charge in [0, 0.05) is 12.1 Å². The Hall–Kier alpha value is -0.594. The molecule has 0 fully saturated rings. The van der Waals surface area contributed by atoms with Gasteiger partial charge in [0.2, 0.25) is 0 Å². The van der Waals surface area contributed by atoms with E-state index in [1.165, 1.54) is 33.4 Å². The van der Waals surface area contributed by atoms with Gasteiger partial charge in [0.1, 0.15) is 0 Å². The Kier molecular flexibility index (Phi) is 15.1. The molecule has 0 saturated heterocycles. The van der Waals surface area contributed by atoms with Gasteiger partial charge in [0.15, 0.2) is 0 Å². The van der Waals surface area contributed by atoms with Crippen molar-refractivity contribution in [3.8, 4) is 0 Å². The van der Waals surface area contributed by atoms with E-state index < -0.39 is 0 Å². The number of hydrogen-bond donors (Lipinski definition) is 2. The fourth-order valence-corrected chi connectivity index (χ4v) is 4.77. The van der Waals surface area contributed by atoms with Crippen molar-refractivity contribution in [1.29, 1.82) is 0 Å². The van der Waals surface area contributed by atoms with Crippen LogP contribution >= 0.6 is 20.3 Å². The first kappa shape index (κ1) is 32.4. The van der Waals surface area contributed by atoms with Gasteiger partial charge in [-0.15, -0.1) is 13.1 Å². The Morgan fingerprint density at radius 3 is 1.29 bits per heavy atom. The van der Waals surface area contributed by atoms with Crippen LogP contribution in [0.25, 0.3) is 5.32 Å². The van der Waals surface area contributed by atoms with Crippen molar-refractivity contribution < 1.29 is 12.9 Å². The molecule has 200 valence electrons. The molecule has 0 spiro atoms. The Morgan fingerprint density at radius 2 is 0.971 bits per heavy atom. The van der Waals surface area contributed by atoms with Gasteiger partial charge in [0.05, 0.1) is 0 Å². The zero-order valence-corrected chi connectivity index (χ0v) is 25.3. The molecule has 2 atom stereocenters. The van der Waals surface area contributed by atoms with E-state index in [0.29, 0.717) is 43.1 Å². The van der Waals surface area contributed by atoms with E-state index in [4.69, 9.17) is 37.1 Å². The van der Waals surface area contributed by atoms with Crippen LogP contribution in [0.4, 0.5) is 0 Å². The SMILES string of the molecule is CC(C)c1cccc(C(C)C)c1C(N)CC[N-]CC(N)c1c(C(C)C)cccc1C(C)C.[Cl][Co+][Cl]. The molecule has 2 aromatic rings. The predicted octanol–water partition coefficient (Wildman–Crippen LogP) is 9.02. The fourth-order valence-electron chi connectivity index (χ4n) is 4.77. The number of rotatable bonds is 11. The first-order valence-electron chi connectivity index (χ1n) is 12.7. The van der Waals surface area contributed by atoms with E-state index in [1.807, 2.05) is 0 Å². The Balaban J connectivity index is 0.00000194. The zero-order valence-electron chi connectivity index (χ0n) is 22.7. The predicted molar refractivity (Wildman–Crippen MR) is 153 cm³/mol. The van der Waals surface area contributed by atoms with E-state index in [9.17, 15) is 0 Å². The third-order valence-corrected chi connectivity index (χ3v) is 6.50. The number of nitrogens with two attached hydrogens (primary N) is 2. The summed E-state index contributed by atoms with van der Waals surface area (Å²) < 4.78 is 0. The van der Waals surface area contributed by atoms with Gasteiger partial charge < -0.3 is 16.8 Å². The topological polar surface area (TPSA) is 66.1 Å². The molecule has 0 aromatic heterocycles. The maximum absolute atomic E-state index is 6.74. The molecule has 6 heteroatoms. The molecule has 0 radical (unpaired) electrons. The molecule has 0 aliphatic heterocycles. The molecule has 0 heterocycles. The van der Waals surface area contributed by atoms with Crippen LogP contribution in [-0.2, 0) is 12.9 Å². The second kappa shape index (κ2) is 16.3. The van der Waals surface area contributed by atoms with Crippen LogP contribution in [-0.4, -0.2) is 13.1 Å². The van der Waals surface area contributed by atoms with E-state index in [0.717, 1.165) is 13.0 Å². The normalized spacial score (nSPS) is 13.5. The summed E-state index contributed by atoms with van der Waals surface area (Å²) in [6, 6.07) is 13.2. The first-order valence-corrected chi connectivity index (χ1v) is 15.6. The Bertz CT molecular complexity index is 760. The standard InChI is InChI=1S/C29H46N3.2ClH.Co/c1-18(2)22-11-9-12-23(19(3)4)28(22)26(30)15-16-32-17-27(31)29-24(20(5)6)13-10-14-25(29)21(7)8;;;/h9-14,18-21,26-27H,15-17,30-31H2,1-8H3;2*1H;/q-1;;;+3/p-2. The molecule has 4 N–H and O–H groups in total. The average molecular weight is 567 g/mol. The van der Waals surface area contributed by atoms with Gasteiger partial charge >= 0.3 is 33.2 Å². The molecule has 2 unspecified atom stereocenters. The van der Waals surface area contributed by atoms with Crippen LogP contribution in [0, 0.1) is 0 Å². The van der Waals surface area contributed by atoms with E-state index in [-0.39, 0.29) is 12.1 Å². The second-order valence-electron chi connectivity index (χ2n) is 10.5. The van der Waals surface area contributed by atoms with Crippen LogP contribution in [0.15, 0.2) is 36.4 Å². The molecule has 0 aliphatic carbocycles. The summed E-state index contributed by atoms with van der Waals surface area (Å²) in [5.74, 6) is 1.82. The summed E-state index contributed by atoms with van der Waals surface area (Å²) >= 11 is 0.382. The second-order valence-corrected chi connectivity index (χ2v) is 12.2. The van der Waals surface area contributed by atoms with E-state index >= 15 is 0 Å². The van der Waals surface area contributed by atoms with Crippen LogP contribution in [0.1, 0.15) is 131 Å². The monoisotopic (exact) mass is 565 g/mol. The number of nitrogens with zero attached hydrogens (tertiary/aromatic N) is 1. The molecule has 3 nitrogen and oxygen atoms in total. The van der Waals surface area contributed by atoms with Crippen LogP contribution in [0.2, 0.25) is 0 Å². The van der Waals surface area contributed by atoms with E-state index in [2.05, 4.69) is 91.8 Å². The van der Waals surface area contributed by atoms with Crippen LogP contribution in [0.3, 0.4) is 0 Å². The molecular formula is C29H46Cl2CoN3. The first-order chi connectivity index (χ1) is 16.5. The van der Waals surface area contributed by atoms with E-state index in [1.54, 1.807) is 0 Å². The van der Waals surface area contributed by atoms with Crippen molar-refractivity contribution in [2.45, 2.75) is 97.6 Å². The summed E-state index contributed by atoms with van der Waals surface area (Å²) in [5.41, 5.74) is 21.5. The van der Waals surface area contributed by atoms with Crippen molar-refractivity contribution >= 4 is 20.3 Å². The molecule has 0 aliphatic rings. The number of benzene rings is 2. The maximum atomic E-state index is 6.74. The average Bonchev–Trinajstić information content (AvgIpc) is 2.80. The van der Waals surface area contributed by atoms with Crippen molar-refractivity contribution in [3.05, 3.63) is 75.1 Å². The quantitative estimate of drug-likeness (QED) is 0.267. The summed E-state index contributed by atoms with van der Waals surface area (Å²) in [4.78, 5) is 0. The molecule has 2 aromatic carbocycles. The fraction of sp³-hybridized carbons (Fsp3) is 0.586. The summed E-state index contributed by atoms with van der Waals surface area (Å²) in [6.45, 7) is 19.3. The van der Waals surface area contributed by atoms with Crippen LogP contribution < -0.4 is 11.5 Å². The van der Waals surface area contributed by atoms with Gasteiger partial charge in [-0.2, -0.15) is 0 Å². The minimum absolute atomic E-state index is 0.000139. The summed E-state index contributed by atoms with van der Waals surface area (Å²) in [7, 11) is 9.47. The number of hydrogen-bond acceptors (Lipinski definition) is 2. The molecule has 0 saturated carbocycles. The van der Waals surface area contributed by atoms with Crippen molar-refractivity contribution in [2.75, 3.05) is 13.1 Å². The number of halogens is 2. The van der Waals surface area contributed by atoms with Crippen molar-refractivity contribution in [3.63, 3.8) is 0 Å². The third kappa shape index (κ3) is 9.66. The third-order valence-electron chi connectivity index (χ3n) is 6.50. The van der Waals surface area contributed by atoms with Gasteiger partial charge in [0.25, 0.3) is 0 Å². The van der Waals surface area contributed by atoms with Crippen molar-refractivity contribution in [2.24, 2.45) is 11.5 Å². The van der Waals surface area contributed by atoms with Crippen molar-refractivity contribution in [1.82, 2.24) is 0 Å². The molecule has 0 amide bonds. The van der Waals surface area contributed by atoms with Crippen LogP contribution in [0.5, 0.6) is 0 Å². The zero-order chi connectivity index (χ0) is 26.7. The van der Waals surface area contributed by atoms with Gasteiger partial charge in [-0.25, -0.2) is 0 Å². The van der Waals surface area contributed by atoms with Gasteiger partial charge in [-0.05, 0) is 57.1 Å². The summed E-state index contributed by atoms with van der Waals surface area (Å²) in [6.07, 6.45) is 0.846. The Labute approximate surface area is 229 Å². The van der Waals surface area contributed by atoms with Gasteiger partial charge in [-0.3, -0.25) is 0 Å². The summed E-state index contributed by atoms with van der Waals surface area (Å²) in [5, 5.41) is 4.86. The van der Waals surface area contributed by atoms with Gasteiger partial charge in [-0.1, -0.05) is 98.2 Å². The molecule has 2 rings (SSSR count). The molecular weight excluding hydrogens is 520 g/mol. The molecule has 0 bridgehead atoms. The molecule has 35 heavy (non-hydrogen) atoms. The minimum atomic E-state index is -0.0728.